The molecule has 0 radical (unpaired) electrons. The molecule has 0 bridgehead atoms. The van der Waals surface area contributed by atoms with E-state index in [1.54, 1.807) is 0 Å². The zero-order valence-corrected chi connectivity index (χ0v) is 12.7. The van der Waals surface area contributed by atoms with Crippen LogP contribution in [0.1, 0.15) is 25.5 Å². The fourth-order valence-electron chi connectivity index (χ4n) is 3.87. The fraction of sp³-hybridized carbons (Fsp3) is 0.500. The zero-order valence-electron chi connectivity index (χ0n) is 12.7. The molecule has 4 rings (SSSR count). The third-order valence-electron chi connectivity index (χ3n) is 5.09. The van der Waals surface area contributed by atoms with E-state index in [1.807, 2.05) is 0 Å². The van der Waals surface area contributed by atoms with Gasteiger partial charge in [-0.05, 0) is 38.4 Å². The Kier molecular flexibility index (Phi) is 3.40. The van der Waals surface area contributed by atoms with Crippen molar-refractivity contribution in [3.8, 4) is 0 Å². The molecule has 0 aliphatic carbocycles. The van der Waals surface area contributed by atoms with Crippen LogP contribution in [-0.4, -0.2) is 46.5 Å². The van der Waals surface area contributed by atoms with Crippen LogP contribution in [0.2, 0.25) is 0 Å². The number of nitrogens with zero attached hydrogens (tertiary/aromatic N) is 3. The molecule has 2 aliphatic rings. The van der Waals surface area contributed by atoms with Gasteiger partial charge in [-0.1, -0.05) is 24.3 Å². The summed E-state index contributed by atoms with van der Waals surface area (Å²) in [4.78, 5) is 10.1. The van der Waals surface area contributed by atoms with E-state index in [0.29, 0.717) is 6.04 Å². The quantitative estimate of drug-likeness (QED) is 0.844. The minimum atomic E-state index is 0.632. The molecule has 0 spiro atoms. The summed E-state index contributed by atoms with van der Waals surface area (Å²) >= 11 is 0. The second-order valence-corrected chi connectivity index (χ2v) is 6.56. The molecule has 21 heavy (non-hydrogen) atoms. The smallest absolute Gasteiger partial charge is 0.0705 e. The Morgan fingerprint density at radius 2 is 2.05 bits per heavy atom. The minimum Gasteiger partial charge on any atom is -0.298 e. The van der Waals surface area contributed by atoms with E-state index in [2.05, 4.69) is 53.1 Å². The lowest BCUT2D eigenvalue weighted by Crippen LogP contribution is -2.54. The average Bonchev–Trinajstić information content (AvgIpc) is 2.94. The normalized spacial score (nSPS) is 27.1. The number of fused-ring (bicyclic) bond motifs is 2. The molecule has 0 N–H and O–H groups in total. The third-order valence-corrected chi connectivity index (χ3v) is 5.09. The molecule has 1 aromatic heterocycles. The summed E-state index contributed by atoms with van der Waals surface area (Å²) in [5, 5.41) is 1.23. The van der Waals surface area contributed by atoms with Crippen molar-refractivity contribution in [3.05, 3.63) is 42.1 Å². The molecule has 3 nitrogen and oxygen atoms in total. The lowest BCUT2D eigenvalue weighted by atomic mass is 10.1. The molecular weight excluding hydrogens is 258 g/mol. The topological polar surface area (TPSA) is 19.4 Å². The van der Waals surface area contributed by atoms with Crippen LogP contribution in [0.5, 0.6) is 0 Å². The number of hydrogen-bond acceptors (Lipinski definition) is 3. The number of rotatable bonds is 2. The van der Waals surface area contributed by atoms with Crippen LogP contribution in [-0.2, 0) is 6.54 Å². The number of aromatic nitrogens is 1. The highest BCUT2D eigenvalue weighted by Crippen LogP contribution is 2.25. The maximum Gasteiger partial charge on any atom is 0.0705 e. The number of piperazine rings is 1. The molecule has 2 saturated heterocycles. The number of benzene rings is 1. The summed E-state index contributed by atoms with van der Waals surface area (Å²) in [6, 6.07) is 14.2. The summed E-state index contributed by atoms with van der Waals surface area (Å²) in [5.74, 6) is 0. The van der Waals surface area contributed by atoms with E-state index < -0.39 is 0 Å². The van der Waals surface area contributed by atoms with E-state index in [0.717, 1.165) is 18.1 Å². The molecule has 3 heteroatoms. The SMILES string of the molecule is C[C@H]1CN2CCC[C@@H]2CN1Cc1ccc2ccccc2n1. The summed E-state index contributed by atoms with van der Waals surface area (Å²) in [6.45, 7) is 7.07. The van der Waals surface area contributed by atoms with Crippen molar-refractivity contribution >= 4 is 10.9 Å². The van der Waals surface area contributed by atoms with Crippen molar-refractivity contribution in [2.24, 2.45) is 0 Å². The first kappa shape index (κ1) is 13.2. The second kappa shape index (κ2) is 5.39. The van der Waals surface area contributed by atoms with Crippen LogP contribution in [0, 0.1) is 0 Å². The van der Waals surface area contributed by atoms with Crippen molar-refractivity contribution < 1.29 is 0 Å². The van der Waals surface area contributed by atoms with Crippen molar-refractivity contribution in [2.75, 3.05) is 19.6 Å². The summed E-state index contributed by atoms with van der Waals surface area (Å²) in [7, 11) is 0. The Balaban J connectivity index is 1.53. The molecule has 2 fully saturated rings. The Hall–Kier alpha value is -1.45. The Morgan fingerprint density at radius 3 is 3.00 bits per heavy atom. The van der Waals surface area contributed by atoms with E-state index in [1.165, 1.54) is 43.6 Å². The van der Waals surface area contributed by atoms with E-state index in [4.69, 9.17) is 4.98 Å². The van der Waals surface area contributed by atoms with Crippen LogP contribution >= 0.6 is 0 Å². The Labute approximate surface area is 126 Å². The van der Waals surface area contributed by atoms with Gasteiger partial charge >= 0.3 is 0 Å². The predicted octanol–water partition coefficient (Wildman–Crippen LogP) is 2.90. The summed E-state index contributed by atoms with van der Waals surface area (Å²) < 4.78 is 0. The molecule has 3 heterocycles. The predicted molar refractivity (Wildman–Crippen MR) is 86.2 cm³/mol. The summed E-state index contributed by atoms with van der Waals surface area (Å²) in [6.07, 6.45) is 2.74. The van der Waals surface area contributed by atoms with Crippen LogP contribution in [0.15, 0.2) is 36.4 Å². The maximum absolute atomic E-state index is 4.83. The largest absolute Gasteiger partial charge is 0.298 e. The van der Waals surface area contributed by atoms with Crippen molar-refractivity contribution in [1.29, 1.82) is 0 Å². The van der Waals surface area contributed by atoms with Gasteiger partial charge in [0.1, 0.15) is 0 Å². The lowest BCUT2D eigenvalue weighted by molar-refractivity contribution is 0.0532. The van der Waals surface area contributed by atoms with Crippen molar-refractivity contribution in [2.45, 2.75) is 38.4 Å². The molecule has 0 saturated carbocycles. The van der Waals surface area contributed by atoms with Gasteiger partial charge < -0.3 is 0 Å². The van der Waals surface area contributed by atoms with Gasteiger partial charge in [0.2, 0.25) is 0 Å². The molecule has 110 valence electrons. The van der Waals surface area contributed by atoms with Crippen LogP contribution in [0.25, 0.3) is 10.9 Å². The Bertz CT molecular complexity index is 639. The molecule has 2 aliphatic heterocycles. The zero-order chi connectivity index (χ0) is 14.2. The highest BCUT2D eigenvalue weighted by molar-refractivity contribution is 5.78. The van der Waals surface area contributed by atoms with Gasteiger partial charge in [-0.15, -0.1) is 0 Å². The molecule has 0 unspecified atom stereocenters. The van der Waals surface area contributed by atoms with Gasteiger partial charge in [-0.3, -0.25) is 14.8 Å². The molecular formula is C18H23N3. The van der Waals surface area contributed by atoms with Gasteiger partial charge in [0.25, 0.3) is 0 Å². The van der Waals surface area contributed by atoms with Crippen LogP contribution < -0.4 is 0 Å². The van der Waals surface area contributed by atoms with Crippen molar-refractivity contribution in [3.63, 3.8) is 0 Å². The number of para-hydroxylation sites is 1. The highest BCUT2D eigenvalue weighted by Gasteiger charge is 2.34. The van der Waals surface area contributed by atoms with Crippen molar-refractivity contribution in [1.82, 2.24) is 14.8 Å². The minimum absolute atomic E-state index is 0.632. The standard InChI is InChI=1S/C18H23N3/c1-14-11-20-10-4-6-17(20)13-21(14)12-16-9-8-15-5-2-3-7-18(15)19-16/h2-3,5,7-9,14,17H,4,6,10-13H2,1H3/t14-,17+/m0/s1. The van der Waals surface area contributed by atoms with E-state index >= 15 is 0 Å². The average molecular weight is 281 g/mol. The molecule has 0 amide bonds. The Morgan fingerprint density at radius 1 is 1.14 bits per heavy atom. The van der Waals surface area contributed by atoms with Gasteiger partial charge in [0, 0.05) is 37.1 Å². The first-order valence-corrected chi connectivity index (χ1v) is 8.12. The van der Waals surface area contributed by atoms with E-state index in [9.17, 15) is 0 Å². The molecule has 2 atom stereocenters. The molecule has 2 aromatic rings. The fourth-order valence-corrected chi connectivity index (χ4v) is 3.87. The monoisotopic (exact) mass is 281 g/mol. The van der Waals surface area contributed by atoms with Crippen LogP contribution in [0.4, 0.5) is 0 Å². The number of hydrogen-bond donors (Lipinski definition) is 0. The highest BCUT2D eigenvalue weighted by atomic mass is 15.3. The van der Waals surface area contributed by atoms with Gasteiger partial charge in [-0.2, -0.15) is 0 Å². The van der Waals surface area contributed by atoms with Crippen LogP contribution in [0.3, 0.4) is 0 Å². The van der Waals surface area contributed by atoms with Gasteiger partial charge in [0.15, 0.2) is 0 Å². The maximum atomic E-state index is 4.83. The third kappa shape index (κ3) is 2.56. The van der Waals surface area contributed by atoms with Gasteiger partial charge in [-0.25, -0.2) is 0 Å². The second-order valence-electron chi connectivity index (χ2n) is 6.56. The van der Waals surface area contributed by atoms with E-state index in [-0.39, 0.29) is 0 Å². The van der Waals surface area contributed by atoms with Gasteiger partial charge in [0.05, 0.1) is 11.2 Å². The number of pyridine rings is 1. The molecule has 1 aromatic carbocycles. The first-order chi connectivity index (χ1) is 10.3. The summed E-state index contributed by atoms with van der Waals surface area (Å²) in [5.41, 5.74) is 2.31. The lowest BCUT2D eigenvalue weighted by Gasteiger charge is -2.42. The first-order valence-electron chi connectivity index (χ1n) is 8.12.